The van der Waals surface area contributed by atoms with Crippen LogP contribution in [0.1, 0.15) is 22.3 Å². The van der Waals surface area contributed by atoms with Crippen LogP contribution < -0.4 is 9.30 Å². The highest BCUT2D eigenvalue weighted by molar-refractivity contribution is 6.05. The normalized spacial score (nSPS) is 12.2. The third kappa shape index (κ3) is 1.64. The summed E-state index contributed by atoms with van der Waals surface area (Å²) in [4.78, 5) is 0. The van der Waals surface area contributed by atoms with E-state index in [1.807, 2.05) is 0 Å². The lowest BCUT2D eigenvalue weighted by atomic mass is 9.89. The number of aromatic nitrogens is 1. The van der Waals surface area contributed by atoms with E-state index in [1.165, 1.54) is 44.3 Å². The van der Waals surface area contributed by atoms with Crippen molar-refractivity contribution < 1.29 is 9.30 Å². The van der Waals surface area contributed by atoms with E-state index < -0.39 is 0 Å². The Morgan fingerprint density at radius 1 is 0.955 bits per heavy atom. The van der Waals surface area contributed by atoms with Gasteiger partial charge in [-0.1, -0.05) is 12.1 Å². The van der Waals surface area contributed by atoms with E-state index in [2.05, 4.69) is 69.8 Å². The zero-order valence-electron chi connectivity index (χ0n) is 13.7. The van der Waals surface area contributed by atoms with Gasteiger partial charge in [-0.2, -0.15) is 4.57 Å². The molecule has 1 aliphatic rings. The number of rotatable bonds is 0. The number of hydrogen-bond acceptors (Lipinski definition) is 1. The van der Waals surface area contributed by atoms with E-state index in [0.29, 0.717) is 0 Å². The Bertz CT molecular complexity index is 954. The second kappa shape index (κ2) is 4.33. The zero-order valence-corrected chi connectivity index (χ0v) is 13.7. The van der Waals surface area contributed by atoms with E-state index in [-0.39, 0.29) is 0 Å². The molecule has 0 spiro atoms. The first-order chi connectivity index (χ1) is 10.5. The highest BCUT2D eigenvalue weighted by Crippen LogP contribution is 2.48. The third-order valence-corrected chi connectivity index (χ3v) is 4.79. The van der Waals surface area contributed by atoms with Crippen molar-refractivity contribution in [1.82, 2.24) is 0 Å². The van der Waals surface area contributed by atoms with Crippen LogP contribution in [-0.2, 0) is 7.05 Å². The summed E-state index contributed by atoms with van der Waals surface area (Å²) < 4.78 is 8.49. The monoisotopic (exact) mass is 290 g/mol. The summed E-state index contributed by atoms with van der Waals surface area (Å²) in [7, 11) is 2.09. The van der Waals surface area contributed by atoms with Crippen molar-refractivity contribution in [3.05, 3.63) is 52.7 Å². The number of aryl methyl sites for hydroxylation is 4. The molecule has 0 amide bonds. The Morgan fingerprint density at radius 2 is 1.73 bits per heavy atom. The summed E-state index contributed by atoms with van der Waals surface area (Å²) in [6.45, 7) is 8.65. The number of hydrogen-bond donors (Lipinski definition) is 0. The van der Waals surface area contributed by atoms with E-state index in [0.717, 1.165) is 11.5 Å². The number of fused-ring (bicyclic) bond motifs is 2. The second-order valence-corrected chi connectivity index (χ2v) is 6.44. The fraction of sp³-hybridized carbons (Fsp3) is 0.250. The molecule has 0 unspecified atom stereocenters. The lowest BCUT2D eigenvalue weighted by molar-refractivity contribution is -0.660. The summed E-state index contributed by atoms with van der Waals surface area (Å²) >= 11 is 0. The van der Waals surface area contributed by atoms with Gasteiger partial charge >= 0.3 is 0 Å². The maximum absolute atomic E-state index is 6.32. The molecule has 110 valence electrons. The molecule has 1 aromatic heterocycles. The Hall–Kier alpha value is -2.35. The van der Waals surface area contributed by atoms with Crippen LogP contribution in [0.25, 0.3) is 22.0 Å². The SMILES string of the molecule is Cc1cc2c3c(c(C)c(C)cc3c1)-c1c(c(C)cc[n+]1C)O2. The molecule has 0 N–H and O–H groups in total. The minimum Gasteiger partial charge on any atom is -0.449 e. The number of ether oxygens (including phenoxy) is 1. The summed E-state index contributed by atoms with van der Waals surface area (Å²) in [6, 6.07) is 8.78. The fourth-order valence-electron chi connectivity index (χ4n) is 3.51. The standard InChI is InChI=1S/C20H20NO/c1-11-8-15-10-13(3)14(4)17-18(15)16(9-11)22-20-12(2)6-7-21(5)19(17)20/h6-10H,1-5H3/q+1. The van der Waals surface area contributed by atoms with Crippen LogP contribution in [0.4, 0.5) is 0 Å². The van der Waals surface area contributed by atoms with Crippen molar-refractivity contribution in [2.45, 2.75) is 27.7 Å². The average molecular weight is 290 g/mol. The van der Waals surface area contributed by atoms with Gasteiger partial charge in [0.25, 0.3) is 5.69 Å². The van der Waals surface area contributed by atoms with Crippen LogP contribution >= 0.6 is 0 Å². The predicted octanol–water partition coefficient (Wildman–Crippen LogP) is 4.67. The van der Waals surface area contributed by atoms with Crippen LogP contribution in [0.15, 0.2) is 30.5 Å². The van der Waals surface area contributed by atoms with Crippen molar-refractivity contribution >= 4 is 10.8 Å². The summed E-state index contributed by atoms with van der Waals surface area (Å²) in [5, 5.41) is 2.50. The van der Waals surface area contributed by atoms with Gasteiger partial charge in [-0.25, -0.2) is 0 Å². The lowest BCUT2D eigenvalue weighted by Crippen LogP contribution is -2.32. The summed E-state index contributed by atoms with van der Waals surface area (Å²) in [5.74, 6) is 1.97. The van der Waals surface area contributed by atoms with Crippen molar-refractivity contribution in [1.29, 1.82) is 0 Å². The Morgan fingerprint density at radius 3 is 2.50 bits per heavy atom. The first-order valence-corrected chi connectivity index (χ1v) is 7.69. The van der Waals surface area contributed by atoms with Crippen molar-refractivity contribution in [2.75, 3.05) is 0 Å². The van der Waals surface area contributed by atoms with Crippen LogP contribution in [0.3, 0.4) is 0 Å². The molecular formula is C20H20NO+. The van der Waals surface area contributed by atoms with Gasteiger partial charge in [0.2, 0.25) is 5.75 Å². The van der Waals surface area contributed by atoms with Gasteiger partial charge in [0.15, 0.2) is 6.20 Å². The third-order valence-electron chi connectivity index (χ3n) is 4.79. The minimum atomic E-state index is 0.981. The van der Waals surface area contributed by atoms with E-state index >= 15 is 0 Å². The molecule has 0 atom stereocenters. The smallest absolute Gasteiger partial charge is 0.256 e. The van der Waals surface area contributed by atoms with Crippen LogP contribution in [-0.4, -0.2) is 0 Å². The van der Waals surface area contributed by atoms with Gasteiger partial charge < -0.3 is 4.74 Å². The summed E-state index contributed by atoms with van der Waals surface area (Å²) in [5.41, 5.74) is 7.57. The Kier molecular flexibility index (Phi) is 2.62. The molecule has 1 aliphatic heterocycles. The van der Waals surface area contributed by atoms with Crippen LogP contribution in [0, 0.1) is 27.7 Å². The molecule has 0 fully saturated rings. The quantitative estimate of drug-likeness (QED) is 0.429. The maximum Gasteiger partial charge on any atom is 0.256 e. The van der Waals surface area contributed by atoms with Crippen molar-refractivity contribution in [3.63, 3.8) is 0 Å². The largest absolute Gasteiger partial charge is 0.449 e. The van der Waals surface area contributed by atoms with E-state index in [4.69, 9.17) is 4.74 Å². The molecule has 0 saturated carbocycles. The lowest BCUT2D eigenvalue weighted by Gasteiger charge is -2.23. The second-order valence-electron chi connectivity index (χ2n) is 6.44. The molecule has 0 radical (unpaired) electrons. The molecule has 22 heavy (non-hydrogen) atoms. The van der Waals surface area contributed by atoms with Crippen molar-refractivity contribution in [3.8, 4) is 22.8 Å². The molecule has 3 aromatic rings. The molecule has 2 heteroatoms. The minimum absolute atomic E-state index is 0.981. The number of pyridine rings is 1. The first-order valence-electron chi connectivity index (χ1n) is 7.69. The molecule has 2 nitrogen and oxygen atoms in total. The molecule has 4 rings (SSSR count). The molecule has 2 heterocycles. The highest BCUT2D eigenvalue weighted by Gasteiger charge is 2.31. The van der Waals surface area contributed by atoms with Gasteiger partial charge in [0.1, 0.15) is 12.8 Å². The number of nitrogens with zero attached hydrogens (tertiary/aromatic N) is 1. The van der Waals surface area contributed by atoms with Gasteiger partial charge in [-0.05, 0) is 55.8 Å². The molecule has 2 aromatic carbocycles. The van der Waals surface area contributed by atoms with Gasteiger partial charge in [-0.3, -0.25) is 0 Å². The fourth-order valence-corrected chi connectivity index (χ4v) is 3.51. The molecule has 0 bridgehead atoms. The van der Waals surface area contributed by atoms with Crippen LogP contribution in [0.5, 0.6) is 11.5 Å². The Balaban J connectivity index is 2.28. The topological polar surface area (TPSA) is 13.1 Å². The highest BCUT2D eigenvalue weighted by atomic mass is 16.5. The maximum atomic E-state index is 6.32. The van der Waals surface area contributed by atoms with Crippen molar-refractivity contribution in [2.24, 2.45) is 7.05 Å². The van der Waals surface area contributed by atoms with Gasteiger partial charge in [-0.15, -0.1) is 0 Å². The summed E-state index contributed by atoms with van der Waals surface area (Å²) in [6.07, 6.45) is 2.12. The number of benzene rings is 2. The zero-order chi connectivity index (χ0) is 15.6. The Labute approximate surface area is 131 Å². The predicted molar refractivity (Wildman–Crippen MR) is 89.6 cm³/mol. The van der Waals surface area contributed by atoms with Crippen LogP contribution in [0.2, 0.25) is 0 Å². The van der Waals surface area contributed by atoms with E-state index in [1.54, 1.807) is 0 Å². The first kappa shape index (κ1) is 13.3. The van der Waals surface area contributed by atoms with E-state index in [9.17, 15) is 0 Å². The average Bonchev–Trinajstić information content (AvgIpc) is 2.47. The molecule has 0 aliphatic carbocycles. The van der Waals surface area contributed by atoms with Gasteiger partial charge in [0, 0.05) is 17.0 Å². The molecule has 0 saturated heterocycles. The molecular weight excluding hydrogens is 270 g/mol. The van der Waals surface area contributed by atoms with Gasteiger partial charge in [0.05, 0.1) is 5.56 Å².